The summed E-state index contributed by atoms with van der Waals surface area (Å²) in [5, 5.41) is 3.26. The van der Waals surface area contributed by atoms with Crippen LogP contribution in [0.5, 0.6) is 0 Å². The van der Waals surface area contributed by atoms with Gasteiger partial charge in [0.1, 0.15) is 0 Å². The number of aromatic nitrogens is 1. The number of hydrogen-bond donors (Lipinski definition) is 1. The van der Waals surface area contributed by atoms with Crippen molar-refractivity contribution >= 4 is 51.5 Å². The maximum absolute atomic E-state index is 13.1. The Labute approximate surface area is 163 Å². The van der Waals surface area contributed by atoms with E-state index in [0.717, 1.165) is 28.2 Å². The molecule has 2 aromatic carbocycles. The number of halogens is 1. The van der Waals surface area contributed by atoms with Crippen LogP contribution in [0.4, 0.5) is 4.79 Å². The van der Waals surface area contributed by atoms with Gasteiger partial charge >= 0.3 is 0 Å². The highest BCUT2D eigenvalue weighted by Gasteiger charge is 2.25. The smallest absolute Gasteiger partial charge is 0.290 e. The van der Waals surface area contributed by atoms with Crippen LogP contribution >= 0.6 is 23.4 Å². The van der Waals surface area contributed by atoms with Crippen molar-refractivity contribution in [3.8, 4) is 0 Å². The van der Waals surface area contributed by atoms with Gasteiger partial charge in [-0.3, -0.25) is 19.7 Å². The number of carbonyl (C=O) groups excluding carboxylic acids is 2. The summed E-state index contributed by atoms with van der Waals surface area (Å²) in [6.45, 7) is 0.367. The average Bonchev–Trinajstić information content (AvgIpc) is 2.97. The Kier molecular flexibility index (Phi) is 4.59. The number of benzene rings is 2. The molecular formula is C20H13ClN2O3S. The van der Waals surface area contributed by atoms with E-state index in [-0.39, 0.29) is 10.5 Å². The number of imide groups is 1. The molecule has 0 radical (unpaired) electrons. The van der Waals surface area contributed by atoms with Crippen molar-refractivity contribution in [1.82, 2.24) is 9.88 Å². The lowest BCUT2D eigenvalue weighted by Gasteiger charge is -2.12. The lowest BCUT2D eigenvalue weighted by atomic mass is 10.1. The van der Waals surface area contributed by atoms with Gasteiger partial charge in [0.05, 0.1) is 17.0 Å². The van der Waals surface area contributed by atoms with Crippen LogP contribution in [0.25, 0.3) is 17.0 Å². The predicted octanol–water partition coefficient (Wildman–Crippen LogP) is 4.03. The van der Waals surface area contributed by atoms with Gasteiger partial charge < -0.3 is 4.57 Å². The van der Waals surface area contributed by atoms with E-state index in [0.29, 0.717) is 17.1 Å². The maximum atomic E-state index is 13.1. The third-order valence-electron chi connectivity index (χ3n) is 4.21. The predicted molar refractivity (Wildman–Crippen MR) is 108 cm³/mol. The normalized spacial score (nSPS) is 15.5. The molecule has 1 aliphatic rings. The molecule has 0 saturated carbocycles. The van der Waals surface area contributed by atoms with E-state index >= 15 is 0 Å². The fourth-order valence-corrected chi connectivity index (χ4v) is 3.74. The van der Waals surface area contributed by atoms with Crippen molar-refractivity contribution in [3.05, 3.63) is 86.0 Å². The molecular weight excluding hydrogens is 384 g/mol. The molecule has 1 aliphatic heterocycles. The van der Waals surface area contributed by atoms with E-state index in [9.17, 15) is 14.4 Å². The molecule has 0 spiro atoms. The molecule has 3 aromatic rings. The molecule has 27 heavy (non-hydrogen) atoms. The SMILES string of the molecule is O=C1NC(=O)C(=Cc2cc3ccccc3n(Cc3ccc(Cl)cc3)c2=O)S1. The van der Waals surface area contributed by atoms with Gasteiger partial charge in [-0.1, -0.05) is 41.9 Å². The quantitative estimate of drug-likeness (QED) is 0.679. The van der Waals surface area contributed by atoms with E-state index in [1.54, 1.807) is 22.8 Å². The third kappa shape index (κ3) is 3.54. The van der Waals surface area contributed by atoms with Gasteiger partial charge in [-0.2, -0.15) is 0 Å². The van der Waals surface area contributed by atoms with Crippen molar-refractivity contribution in [3.63, 3.8) is 0 Å². The van der Waals surface area contributed by atoms with Crippen LogP contribution in [0.15, 0.2) is 64.3 Å². The Morgan fingerprint density at radius 3 is 2.48 bits per heavy atom. The number of carbonyl (C=O) groups is 2. The van der Waals surface area contributed by atoms with Crippen molar-refractivity contribution in [2.75, 3.05) is 0 Å². The average molecular weight is 397 g/mol. The number of nitrogens with zero attached hydrogens (tertiary/aromatic N) is 1. The minimum absolute atomic E-state index is 0.213. The first-order valence-electron chi connectivity index (χ1n) is 8.13. The van der Waals surface area contributed by atoms with Crippen LogP contribution in [-0.4, -0.2) is 15.7 Å². The van der Waals surface area contributed by atoms with Gasteiger partial charge in [-0.15, -0.1) is 0 Å². The number of rotatable bonds is 3. The highest BCUT2D eigenvalue weighted by Crippen LogP contribution is 2.26. The zero-order valence-corrected chi connectivity index (χ0v) is 15.5. The minimum atomic E-state index is -0.484. The molecule has 0 unspecified atom stereocenters. The lowest BCUT2D eigenvalue weighted by molar-refractivity contribution is -0.115. The number of hydrogen-bond acceptors (Lipinski definition) is 4. The maximum Gasteiger partial charge on any atom is 0.290 e. The molecule has 1 saturated heterocycles. The van der Waals surface area contributed by atoms with Crippen LogP contribution in [0, 0.1) is 0 Å². The van der Waals surface area contributed by atoms with E-state index in [1.807, 2.05) is 36.4 Å². The molecule has 7 heteroatoms. The third-order valence-corrected chi connectivity index (χ3v) is 5.28. The lowest BCUT2D eigenvalue weighted by Crippen LogP contribution is -2.23. The zero-order valence-electron chi connectivity index (χ0n) is 13.9. The highest BCUT2D eigenvalue weighted by atomic mass is 35.5. The van der Waals surface area contributed by atoms with Gasteiger partial charge in [-0.25, -0.2) is 0 Å². The van der Waals surface area contributed by atoms with Crippen LogP contribution in [0.2, 0.25) is 5.02 Å². The van der Waals surface area contributed by atoms with E-state index in [1.165, 1.54) is 6.08 Å². The Bertz CT molecular complexity index is 1170. The Morgan fingerprint density at radius 2 is 1.78 bits per heavy atom. The second kappa shape index (κ2) is 7.06. The van der Waals surface area contributed by atoms with E-state index in [2.05, 4.69) is 5.32 Å². The number of nitrogens with one attached hydrogen (secondary N) is 1. The first-order valence-corrected chi connectivity index (χ1v) is 9.32. The molecule has 1 aromatic heterocycles. The summed E-state index contributed by atoms with van der Waals surface area (Å²) >= 11 is 6.74. The summed E-state index contributed by atoms with van der Waals surface area (Å²) in [6.07, 6.45) is 1.47. The van der Waals surface area contributed by atoms with E-state index in [4.69, 9.17) is 11.6 Å². The van der Waals surface area contributed by atoms with Crippen LogP contribution < -0.4 is 10.9 Å². The Morgan fingerprint density at radius 1 is 1.04 bits per heavy atom. The Hall–Kier alpha value is -2.83. The van der Waals surface area contributed by atoms with E-state index < -0.39 is 11.1 Å². The largest absolute Gasteiger partial charge is 0.303 e. The fourth-order valence-electron chi connectivity index (χ4n) is 2.94. The van der Waals surface area contributed by atoms with Gasteiger partial charge in [-0.05, 0) is 53.1 Å². The number of amides is 2. The van der Waals surface area contributed by atoms with Gasteiger partial charge in [0.2, 0.25) is 0 Å². The number of thioether (sulfide) groups is 1. The van der Waals surface area contributed by atoms with Gasteiger partial charge in [0, 0.05) is 10.6 Å². The first-order chi connectivity index (χ1) is 13.0. The fraction of sp³-hybridized carbons (Fsp3) is 0.0500. The summed E-state index contributed by atoms with van der Waals surface area (Å²) in [7, 11) is 0. The number of fused-ring (bicyclic) bond motifs is 1. The standard InChI is InChI=1S/C20H13ClN2O3S/c21-15-7-5-12(6-8-15)11-23-16-4-2-1-3-13(16)9-14(19(23)25)10-17-18(24)22-20(26)27-17/h1-10H,11H2,(H,22,24,26). The molecule has 5 nitrogen and oxygen atoms in total. The molecule has 134 valence electrons. The number of para-hydroxylation sites is 1. The van der Waals surface area contributed by atoms with Gasteiger partial charge in [0.25, 0.3) is 16.7 Å². The van der Waals surface area contributed by atoms with Crippen LogP contribution in [-0.2, 0) is 11.3 Å². The minimum Gasteiger partial charge on any atom is -0.303 e. The van der Waals surface area contributed by atoms with Crippen LogP contribution in [0.3, 0.4) is 0 Å². The monoisotopic (exact) mass is 396 g/mol. The number of pyridine rings is 1. The molecule has 0 bridgehead atoms. The molecule has 1 fully saturated rings. The zero-order chi connectivity index (χ0) is 19.0. The Balaban J connectivity index is 1.87. The summed E-state index contributed by atoms with van der Waals surface area (Å²) < 4.78 is 1.66. The molecule has 2 heterocycles. The van der Waals surface area contributed by atoms with Crippen LogP contribution in [0.1, 0.15) is 11.1 Å². The summed E-state index contributed by atoms with van der Waals surface area (Å²) in [5.74, 6) is -0.484. The van der Waals surface area contributed by atoms with Crippen molar-refractivity contribution in [1.29, 1.82) is 0 Å². The molecule has 2 amide bonds. The second-order valence-corrected chi connectivity index (χ2v) is 7.48. The topological polar surface area (TPSA) is 68.2 Å². The summed E-state index contributed by atoms with van der Waals surface area (Å²) in [6, 6.07) is 16.6. The molecule has 4 rings (SSSR count). The molecule has 0 atom stereocenters. The summed E-state index contributed by atoms with van der Waals surface area (Å²) in [4.78, 5) is 36.5. The molecule has 1 N–H and O–H groups in total. The van der Waals surface area contributed by atoms with Crippen molar-refractivity contribution in [2.45, 2.75) is 6.54 Å². The molecule has 0 aliphatic carbocycles. The van der Waals surface area contributed by atoms with Crippen molar-refractivity contribution < 1.29 is 9.59 Å². The summed E-state index contributed by atoms with van der Waals surface area (Å²) in [5.41, 5.74) is 1.85. The highest BCUT2D eigenvalue weighted by molar-refractivity contribution is 8.18. The first kappa shape index (κ1) is 17.6. The second-order valence-electron chi connectivity index (χ2n) is 6.03. The van der Waals surface area contributed by atoms with Gasteiger partial charge in [0.15, 0.2) is 0 Å². The van der Waals surface area contributed by atoms with Crippen molar-refractivity contribution in [2.24, 2.45) is 0 Å².